The van der Waals surface area contributed by atoms with Crippen LogP contribution in [0.3, 0.4) is 0 Å². The Morgan fingerprint density at radius 1 is 1.24 bits per heavy atom. The zero-order valence-corrected chi connectivity index (χ0v) is 12.5. The summed E-state index contributed by atoms with van der Waals surface area (Å²) in [5, 5.41) is 3.07. The van der Waals surface area contributed by atoms with Gasteiger partial charge in [-0.15, -0.1) is 0 Å². The van der Waals surface area contributed by atoms with Crippen LogP contribution >= 0.6 is 0 Å². The third-order valence-electron chi connectivity index (χ3n) is 2.71. The number of nitrogens with one attached hydrogen (secondary N) is 2. The quantitative estimate of drug-likeness (QED) is 0.890. The van der Waals surface area contributed by atoms with Crippen LogP contribution < -0.4 is 10.0 Å². The Morgan fingerprint density at radius 2 is 2.00 bits per heavy atom. The fourth-order valence-electron chi connectivity index (χ4n) is 1.71. The molecule has 0 spiro atoms. The van der Waals surface area contributed by atoms with Crippen molar-refractivity contribution in [2.45, 2.75) is 13.5 Å². The summed E-state index contributed by atoms with van der Waals surface area (Å²) in [6, 6.07) is 7.99. The summed E-state index contributed by atoms with van der Waals surface area (Å²) in [5.41, 5.74) is 2.42. The molecule has 0 radical (unpaired) electrons. The van der Waals surface area contributed by atoms with Crippen molar-refractivity contribution in [2.75, 3.05) is 16.3 Å². The van der Waals surface area contributed by atoms with Crippen LogP contribution in [-0.4, -0.2) is 19.7 Å². The maximum Gasteiger partial charge on any atom is 0.229 e. The predicted molar refractivity (Wildman–Crippen MR) is 81.2 cm³/mol. The molecule has 7 heteroatoms. The summed E-state index contributed by atoms with van der Waals surface area (Å²) < 4.78 is 38.0. The SMILES string of the molecule is Cc1ccc(CNc2ccc(F)c(NS(C)(=O)=O)c2)nc1. The van der Waals surface area contributed by atoms with E-state index in [1.54, 1.807) is 6.20 Å². The lowest BCUT2D eigenvalue weighted by Gasteiger charge is -2.10. The van der Waals surface area contributed by atoms with Gasteiger partial charge in [0.2, 0.25) is 10.0 Å². The van der Waals surface area contributed by atoms with Gasteiger partial charge >= 0.3 is 0 Å². The van der Waals surface area contributed by atoms with Gasteiger partial charge in [-0.05, 0) is 36.8 Å². The monoisotopic (exact) mass is 309 g/mol. The molecule has 2 aromatic rings. The van der Waals surface area contributed by atoms with Crippen LogP contribution in [0.15, 0.2) is 36.5 Å². The van der Waals surface area contributed by atoms with Crippen molar-refractivity contribution >= 4 is 21.4 Å². The van der Waals surface area contributed by atoms with Crippen molar-refractivity contribution in [1.29, 1.82) is 0 Å². The Balaban J connectivity index is 2.10. The molecule has 21 heavy (non-hydrogen) atoms. The molecular weight excluding hydrogens is 293 g/mol. The molecule has 0 aliphatic rings. The second-order valence-corrected chi connectivity index (χ2v) is 6.50. The molecule has 0 bridgehead atoms. The molecule has 0 unspecified atom stereocenters. The first-order valence-electron chi connectivity index (χ1n) is 6.26. The molecule has 1 aromatic heterocycles. The second kappa shape index (κ2) is 6.09. The van der Waals surface area contributed by atoms with Gasteiger partial charge in [-0.25, -0.2) is 12.8 Å². The molecule has 1 heterocycles. The fraction of sp³-hybridized carbons (Fsp3) is 0.214. The van der Waals surface area contributed by atoms with E-state index in [0.29, 0.717) is 12.2 Å². The van der Waals surface area contributed by atoms with Crippen LogP contribution in [0.2, 0.25) is 0 Å². The normalized spacial score (nSPS) is 11.2. The highest BCUT2D eigenvalue weighted by molar-refractivity contribution is 7.92. The van der Waals surface area contributed by atoms with E-state index in [4.69, 9.17) is 0 Å². The van der Waals surface area contributed by atoms with E-state index in [2.05, 4.69) is 15.0 Å². The maximum atomic E-state index is 13.5. The predicted octanol–water partition coefficient (Wildman–Crippen LogP) is 2.51. The highest BCUT2D eigenvalue weighted by Gasteiger charge is 2.08. The second-order valence-electron chi connectivity index (χ2n) is 4.75. The summed E-state index contributed by atoms with van der Waals surface area (Å²) in [6.07, 6.45) is 2.74. The van der Waals surface area contributed by atoms with Gasteiger partial charge in [0.15, 0.2) is 0 Å². The minimum atomic E-state index is -3.52. The number of aromatic nitrogens is 1. The van der Waals surface area contributed by atoms with Crippen molar-refractivity contribution in [3.63, 3.8) is 0 Å². The highest BCUT2D eigenvalue weighted by Crippen LogP contribution is 2.20. The van der Waals surface area contributed by atoms with Crippen molar-refractivity contribution in [3.8, 4) is 0 Å². The molecular formula is C14H16FN3O2S. The molecule has 0 saturated carbocycles. The zero-order chi connectivity index (χ0) is 15.5. The molecule has 2 rings (SSSR count). The van der Waals surface area contributed by atoms with Crippen LogP contribution in [0.4, 0.5) is 15.8 Å². The maximum absolute atomic E-state index is 13.5. The van der Waals surface area contributed by atoms with Gasteiger partial charge in [0.25, 0.3) is 0 Å². The van der Waals surface area contributed by atoms with E-state index in [9.17, 15) is 12.8 Å². The molecule has 0 fully saturated rings. The van der Waals surface area contributed by atoms with E-state index < -0.39 is 15.8 Å². The number of hydrogen-bond donors (Lipinski definition) is 2. The van der Waals surface area contributed by atoms with Crippen LogP contribution in [0, 0.1) is 12.7 Å². The Labute approximate surface area is 123 Å². The number of aryl methyl sites for hydroxylation is 1. The van der Waals surface area contributed by atoms with E-state index in [1.165, 1.54) is 18.2 Å². The van der Waals surface area contributed by atoms with Gasteiger partial charge in [0, 0.05) is 11.9 Å². The van der Waals surface area contributed by atoms with E-state index >= 15 is 0 Å². The van der Waals surface area contributed by atoms with E-state index in [1.807, 2.05) is 19.1 Å². The van der Waals surface area contributed by atoms with Gasteiger partial charge in [0.1, 0.15) is 5.82 Å². The van der Waals surface area contributed by atoms with E-state index in [0.717, 1.165) is 17.5 Å². The lowest BCUT2D eigenvalue weighted by atomic mass is 10.2. The molecule has 0 aliphatic heterocycles. The lowest BCUT2D eigenvalue weighted by Crippen LogP contribution is -2.11. The third kappa shape index (κ3) is 4.71. The average molecular weight is 309 g/mol. The molecule has 0 saturated heterocycles. The first kappa shape index (κ1) is 15.2. The van der Waals surface area contributed by atoms with Crippen LogP contribution in [0.1, 0.15) is 11.3 Å². The highest BCUT2D eigenvalue weighted by atomic mass is 32.2. The smallest absolute Gasteiger partial charge is 0.229 e. The summed E-state index contributed by atoms with van der Waals surface area (Å²) in [4.78, 5) is 4.24. The number of nitrogens with zero attached hydrogens (tertiary/aromatic N) is 1. The summed E-state index contributed by atoms with van der Waals surface area (Å²) in [5.74, 6) is -0.626. The third-order valence-corrected chi connectivity index (χ3v) is 3.30. The van der Waals surface area contributed by atoms with Crippen LogP contribution in [-0.2, 0) is 16.6 Å². The average Bonchev–Trinajstić information content (AvgIpc) is 2.40. The van der Waals surface area contributed by atoms with Gasteiger partial charge in [-0.2, -0.15) is 0 Å². The fourth-order valence-corrected chi connectivity index (χ4v) is 2.26. The summed E-state index contributed by atoms with van der Waals surface area (Å²) >= 11 is 0. The van der Waals surface area contributed by atoms with Crippen molar-refractivity contribution in [2.24, 2.45) is 0 Å². The largest absolute Gasteiger partial charge is 0.379 e. The zero-order valence-electron chi connectivity index (χ0n) is 11.7. The summed E-state index contributed by atoms with van der Waals surface area (Å²) in [6.45, 7) is 2.41. The first-order chi connectivity index (χ1) is 9.83. The molecule has 2 N–H and O–H groups in total. The van der Waals surface area contributed by atoms with Gasteiger partial charge < -0.3 is 5.32 Å². The van der Waals surface area contributed by atoms with Gasteiger partial charge in [-0.1, -0.05) is 6.07 Å². The standard InChI is InChI=1S/C14H16FN3O2S/c1-10-3-4-12(16-8-10)9-17-11-5-6-13(15)14(7-11)18-21(2,19)20/h3-8,17-18H,9H2,1-2H3. The number of anilines is 2. The van der Waals surface area contributed by atoms with Crippen LogP contribution in [0.5, 0.6) is 0 Å². The number of halogens is 1. The Kier molecular flexibility index (Phi) is 4.42. The van der Waals surface area contributed by atoms with Gasteiger partial charge in [0.05, 0.1) is 24.2 Å². The Morgan fingerprint density at radius 3 is 2.62 bits per heavy atom. The van der Waals surface area contributed by atoms with Crippen molar-refractivity contribution in [3.05, 3.63) is 53.6 Å². The number of benzene rings is 1. The number of hydrogen-bond acceptors (Lipinski definition) is 4. The molecule has 112 valence electrons. The van der Waals surface area contributed by atoms with Crippen LogP contribution in [0.25, 0.3) is 0 Å². The number of rotatable bonds is 5. The van der Waals surface area contributed by atoms with Gasteiger partial charge in [-0.3, -0.25) is 9.71 Å². The van der Waals surface area contributed by atoms with Crippen molar-refractivity contribution < 1.29 is 12.8 Å². The van der Waals surface area contributed by atoms with Crippen molar-refractivity contribution in [1.82, 2.24) is 4.98 Å². The lowest BCUT2D eigenvalue weighted by molar-refractivity contribution is 0.604. The molecule has 0 atom stereocenters. The first-order valence-corrected chi connectivity index (χ1v) is 8.15. The minimum absolute atomic E-state index is 0.0839. The summed E-state index contributed by atoms with van der Waals surface area (Å²) in [7, 11) is -3.52. The minimum Gasteiger partial charge on any atom is -0.379 e. The Hall–Kier alpha value is -2.15. The topological polar surface area (TPSA) is 71.1 Å². The van der Waals surface area contributed by atoms with E-state index in [-0.39, 0.29) is 5.69 Å². The molecule has 0 aliphatic carbocycles. The number of sulfonamides is 1. The Bertz CT molecular complexity index is 730. The molecule has 0 amide bonds. The molecule has 5 nitrogen and oxygen atoms in total. The number of pyridine rings is 1. The molecule has 1 aromatic carbocycles.